The minimum absolute atomic E-state index is 0.263. The molecule has 3 aromatic rings. The summed E-state index contributed by atoms with van der Waals surface area (Å²) in [4.78, 5) is 16.9. The summed E-state index contributed by atoms with van der Waals surface area (Å²) in [6.07, 6.45) is 3.64. The maximum absolute atomic E-state index is 12.6. The van der Waals surface area contributed by atoms with Gasteiger partial charge in [-0.2, -0.15) is 5.10 Å². The van der Waals surface area contributed by atoms with Crippen LogP contribution in [0.3, 0.4) is 0 Å². The van der Waals surface area contributed by atoms with Gasteiger partial charge in [-0.25, -0.2) is 4.79 Å². The molecule has 1 heterocycles. The molecule has 0 aliphatic heterocycles. The number of methoxy groups -OCH3 is 1. The van der Waals surface area contributed by atoms with Crippen LogP contribution in [-0.2, 0) is 6.54 Å². The Morgan fingerprint density at radius 1 is 1.10 bits per heavy atom. The summed E-state index contributed by atoms with van der Waals surface area (Å²) < 4.78 is 5.24. The van der Waals surface area contributed by atoms with Gasteiger partial charge in [0.15, 0.2) is 0 Å². The van der Waals surface area contributed by atoms with Gasteiger partial charge in [0.25, 0.3) is 0 Å². The third-order valence-electron chi connectivity index (χ3n) is 4.96. The summed E-state index contributed by atoms with van der Waals surface area (Å²) in [7, 11) is 7.74. The molecule has 0 fully saturated rings. The van der Waals surface area contributed by atoms with Gasteiger partial charge < -0.3 is 25.2 Å². The van der Waals surface area contributed by atoms with E-state index in [0.29, 0.717) is 6.54 Å². The minimum atomic E-state index is -0.263. The van der Waals surface area contributed by atoms with Crippen LogP contribution in [0, 0.1) is 0 Å². The van der Waals surface area contributed by atoms with Gasteiger partial charge in [0.1, 0.15) is 5.75 Å². The van der Waals surface area contributed by atoms with Crippen molar-refractivity contribution in [3.8, 4) is 16.9 Å². The minimum Gasteiger partial charge on any atom is -0.497 e. The van der Waals surface area contributed by atoms with E-state index in [2.05, 4.69) is 36.7 Å². The van der Waals surface area contributed by atoms with E-state index in [1.165, 1.54) is 0 Å². The van der Waals surface area contributed by atoms with Gasteiger partial charge >= 0.3 is 6.03 Å². The third kappa shape index (κ3) is 6.23. The van der Waals surface area contributed by atoms with Crippen molar-refractivity contribution in [1.82, 2.24) is 20.4 Å². The average molecular weight is 423 g/mol. The van der Waals surface area contributed by atoms with E-state index in [4.69, 9.17) is 4.74 Å². The summed E-state index contributed by atoms with van der Waals surface area (Å²) in [6, 6.07) is 13.3. The quantitative estimate of drug-likeness (QED) is 0.492. The maximum atomic E-state index is 12.6. The molecule has 0 spiro atoms. The van der Waals surface area contributed by atoms with Crippen LogP contribution in [0.4, 0.5) is 16.2 Å². The van der Waals surface area contributed by atoms with Crippen molar-refractivity contribution in [3.05, 3.63) is 60.4 Å². The fourth-order valence-electron chi connectivity index (χ4n) is 3.14. The topological polar surface area (TPSA) is 85.5 Å². The summed E-state index contributed by atoms with van der Waals surface area (Å²) in [6.45, 7) is 2.12. The SMILES string of the molecule is COc1cccc(CNC(=O)Nc2ccc(-c3cn[nH]c3)cc2N(C)CCN(C)C)c1. The normalized spacial score (nSPS) is 10.7. The molecule has 8 nitrogen and oxygen atoms in total. The predicted octanol–water partition coefficient (Wildman–Crippen LogP) is 3.40. The number of aromatic nitrogens is 2. The standard InChI is InChI=1S/C23H30N6O2/c1-28(2)10-11-29(3)22-13-18(19-15-25-26-16-19)8-9-21(22)27-23(30)24-14-17-6-5-7-20(12-17)31-4/h5-9,12-13,15-16H,10-11,14H2,1-4H3,(H,25,26)(H2,24,27,30). The lowest BCUT2D eigenvalue weighted by atomic mass is 10.1. The zero-order valence-corrected chi connectivity index (χ0v) is 18.5. The molecule has 0 bridgehead atoms. The van der Waals surface area contributed by atoms with Crippen molar-refractivity contribution >= 4 is 17.4 Å². The molecule has 0 saturated heterocycles. The number of urea groups is 1. The Kier molecular flexibility index (Phi) is 7.50. The number of hydrogen-bond donors (Lipinski definition) is 3. The van der Waals surface area contributed by atoms with E-state index in [0.717, 1.165) is 46.9 Å². The fourth-order valence-corrected chi connectivity index (χ4v) is 3.14. The molecule has 0 aliphatic rings. The van der Waals surface area contributed by atoms with E-state index in [-0.39, 0.29) is 6.03 Å². The van der Waals surface area contributed by atoms with Gasteiger partial charge in [-0.05, 0) is 49.5 Å². The van der Waals surface area contributed by atoms with E-state index in [1.807, 2.05) is 63.7 Å². The molecular weight excluding hydrogens is 392 g/mol. The molecule has 3 N–H and O–H groups in total. The summed E-state index contributed by atoms with van der Waals surface area (Å²) in [5.41, 5.74) is 4.68. The first-order valence-electron chi connectivity index (χ1n) is 10.1. The van der Waals surface area contributed by atoms with Crippen molar-refractivity contribution in [2.75, 3.05) is 51.6 Å². The number of aromatic amines is 1. The number of amides is 2. The Morgan fingerprint density at radius 2 is 1.94 bits per heavy atom. The zero-order chi connectivity index (χ0) is 22.2. The smallest absolute Gasteiger partial charge is 0.319 e. The molecule has 0 unspecified atom stereocenters. The molecule has 164 valence electrons. The molecule has 2 amide bonds. The second-order valence-electron chi connectivity index (χ2n) is 7.60. The van der Waals surface area contributed by atoms with Crippen molar-refractivity contribution in [2.24, 2.45) is 0 Å². The molecule has 8 heteroatoms. The lowest BCUT2D eigenvalue weighted by molar-refractivity contribution is 0.251. The highest BCUT2D eigenvalue weighted by Gasteiger charge is 2.13. The molecule has 0 saturated carbocycles. The van der Waals surface area contributed by atoms with Crippen LogP contribution in [0.1, 0.15) is 5.56 Å². The zero-order valence-electron chi connectivity index (χ0n) is 18.5. The largest absolute Gasteiger partial charge is 0.497 e. The average Bonchev–Trinajstić information content (AvgIpc) is 3.31. The lowest BCUT2D eigenvalue weighted by Gasteiger charge is -2.25. The molecule has 3 rings (SSSR count). The van der Waals surface area contributed by atoms with E-state index >= 15 is 0 Å². The van der Waals surface area contributed by atoms with Crippen LogP contribution < -0.4 is 20.3 Å². The first-order valence-corrected chi connectivity index (χ1v) is 10.1. The second-order valence-corrected chi connectivity index (χ2v) is 7.60. The number of carbonyl (C=O) groups excluding carboxylic acids is 1. The van der Waals surface area contributed by atoms with Gasteiger partial charge in [0, 0.05) is 38.4 Å². The Morgan fingerprint density at radius 3 is 2.65 bits per heavy atom. The van der Waals surface area contributed by atoms with Crippen molar-refractivity contribution in [1.29, 1.82) is 0 Å². The highest BCUT2D eigenvalue weighted by molar-refractivity contribution is 5.94. The van der Waals surface area contributed by atoms with Crippen molar-refractivity contribution in [2.45, 2.75) is 6.54 Å². The van der Waals surface area contributed by atoms with Gasteiger partial charge in [-0.3, -0.25) is 5.10 Å². The number of ether oxygens (including phenoxy) is 1. The number of H-pyrrole nitrogens is 1. The predicted molar refractivity (Wildman–Crippen MR) is 125 cm³/mol. The van der Waals surface area contributed by atoms with Crippen LogP contribution >= 0.6 is 0 Å². The van der Waals surface area contributed by atoms with Gasteiger partial charge in [0.05, 0.1) is 24.7 Å². The molecule has 0 aliphatic carbocycles. The maximum Gasteiger partial charge on any atom is 0.319 e. The van der Waals surface area contributed by atoms with E-state index in [1.54, 1.807) is 13.3 Å². The Labute approximate surface area is 183 Å². The summed E-state index contributed by atoms with van der Waals surface area (Å²) >= 11 is 0. The first kappa shape index (κ1) is 22.2. The number of benzene rings is 2. The molecular formula is C23H30N6O2. The highest BCUT2D eigenvalue weighted by atomic mass is 16.5. The number of likely N-dealkylation sites (N-methyl/N-ethyl adjacent to an activating group) is 2. The van der Waals surface area contributed by atoms with Crippen LogP contribution in [0.25, 0.3) is 11.1 Å². The molecule has 0 radical (unpaired) electrons. The number of nitrogens with zero attached hydrogens (tertiary/aromatic N) is 3. The summed E-state index contributed by atoms with van der Waals surface area (Å²) in [5, 5.41) is 12.8. The number of nitrogens with one attached hydrogen (secondary N) is 3. The van der Waals surface area contributed by atoms with Crippen LogP contribution in [0.2, 0.25) is 0 Å². The third-order valence-corrected chi connectivity index (χ3v) is 4.96. The van der Waals surface area contributed by atoms with Crippen LogP contribution in [0.15, 0.2) is 54.9 Å². The summed E-state index contributed by atoms with van der Waals surface area (Å²) in [5.74, 6) is 0.763. The molecule has 31 heavy (non-hydrogen) atoms. The molecule has 0 atom stereocenters. The Bertz CT molecular complexity index is 987. The number of anilines is 2. The first-order chi connectivity index (χ1) is 15.0. The van der Waals surface area contributed by atoms with E-state index < -0.39 is 0 Å². The molecule has 2 aromatic carbocycles. The van der Waals surface area contributed by atoms with E-state index in [9.17, 15) is 4.79 Å². The Hall–Kier alpha value is -3.52. The highest BCUT2D eigenvalue weighted by Crippen LogP contribution is 2.31. The number of rotatable bonds is 9. The van der Waals surface area contributed by atoms with Gasteiger partial charge in [0.2, 0.25) is 0 Å². The number of hydrogen-bond acceptors (Lipinski definition) is 5. The van der Waals surface area contributed by atoms with Crippen LogP contribution in [-0.4, -0.2) is 62.5 Å². The van der Waals surface area contributed by atoms with Gasteiger partial charge in [-0.1, -0.05) is 18.2 Å². The second kappa shape index (κ2) is 10.5. The fraction of sp³-hybridized carbons (Fsp3) is 0.304. The van der Waals surface area contributed by atoms with Crippen LogP contribution in [0.5, 0.6) is 5.75 Å². The Balaban J connectivity index is 1.74. The lowest BCUT2D eigenvalue weighted by Crippen LogP contribution is -2.31. The van der Waals surface area contributed by atoms with Crippen molar-refractivity contribution in [3.63, 3.8) is 0 Å². The monoisotopic (exact) mass is 422 g/mol. The van der Waals surface area contributed by atoms with Gasteiger partial charge in [-0.15, -0.1) is 0 Å². The number of carbonyl (C=O) groups is 1. The molecule has 1 aromatic heterocycles. The van der Waals surface area contributed by atoms with Crippen molar-refractivity contribution < 1.29 is 9.53 Å².